The Labute approximate surface area is 160 Å². The van der Waals surface area contributed by atoms with Gasteiger partial charge in [-0.25, -0.2) is 4.79 Å². The molecule has 0 aliphatic carbocycles. The zero-order valence-electron chi connectivity index (χ0n) is 13.7. The van der Waals surface area contributed by atoms with Crippen molar-refractivity contribution in [2.75, 3.05) is 0 Å². The number of carbonyl (C=O) groups is 2. The number of halogens is 2. The second-order valence-corrected chi connectivity index (χ2v) is 7.15. The molecule has 0 fully saturated rings. The van der Waals surface area contributed by atoms with Crippen molar-refractivity contribution >= 4 is 52.5 Å². The van der Waals surface area contributed by atoms with Gasteiger partial charge in [0.05, 0.1) is 6.04 Å². The van der Waals surface area contributed by atoms with Crippen LogP contribution in [0.1, 0.15) is 30.3 Å². The van der Waals surface area contributed by atoms with Gasteiger partial charge in [-0.2, -0.15) is 0 Å². The first-order valence-corrected chi connectivity index (χ1v) is 9.18. The van der Waals surface area contributed by atoms with Crippen molar-refractivity contribution < 1.29 is 14.3 Å². The molecule has 0 aliphatic heterocycles. The van der Waals surface area contributed by atoms with Crippen LogP contribution in [0.5, 0.6) is 0 Å². The van der Waals surface area contributed by atoms with Crippen molar-refractivity contribution in [2.24, 2.45) is 0 Å². The lowest BCUT2D eigenvalue weighted by Crippen LogP contribution is -2.37. The molecule has 1 N–H and O–H groups in total. The van der Waals surface area contributed by atoms with Crippen LogP contribution in [0.25, 0.3) is 6.08 Å². The molecule has 0 saturated heterocycles. The third kappa shape index (κ3) is 5.88. The number of amides is 1. The smallest absolute Gasteiger partial charge is 0.331 e. The third-order valence-corrected chi connectivity index (χ3v) is 4.78. The molecule has 0 spiro atoms. The summed E-state index contributed by atoms with van der Waals surface area (Å²) in [6, 6.07) is 8.47. The summed E-state index contributed by atoms with van der Waals surface area (Å²) in [5.74, 6) is -0.982. The number of thiophene rings is 1. The molecule has 2 unspecified atom stereocenters. The Balaban J connectivity index is 1.89. The number of ether oxygens (including phenoxy) is 1. The van der Waals surface area contributed by atoms with Crippen molar-refractivity contribution in [1.29, 1.82) is 0 Å². The lowest BCUT2D eigenvalue weighted by Gasteiger charge is -2.19. The minimum atomic E-state index is -0.922. The van der Waals surface area contributed by atoms with Crippen LogP contribution < -0.4 is 5.32 Å². The van der Waals surface area contributed by atoms with Crippen molar-refractivity contribution in [2.45, 2.75) is 26.0 Å². The highest BCUT2D eigenvalue weighted by molar-refractivity contribution is 7.10. The predicted molar refractivity (Wildman–Crippen MR) is 102 cm³/mol. The highest BCUT2D eigenvalue weighted by atomic mass is 35.5. The number of hydrogen-bond acceptors (Lipinski definition) is 4. The van der Waals surface area contributed by atoms with Crippen molar-refractivity contribution in [3.8, 4) is 0 Å². The summed E-state index contributed by atoms with van der Waals surface area (Å²) < 4.78 is 5.11. The van der Waals surface area contributed by atoms with E-state index in [2.05, 4.69) is 5.32 Å². The van der Waals surface area contributed by atoms with Gasteiger partial charge in [-0.05, 0) is 49.1 Å². The van der Waals surface area contributed by atoms with Gasteiger partial charge in [0, 0.05) is 21.0 Å². The monoisotopic (exact) mass is 397 g/mol. The SMILES string of the molecule is CC(OC(=O)C=Cc1cccs1)C(=O)NC(C)c1ccc(Cl)cc1Cl. The van der Waals surface area contributed by atoms with Gasteiger partial charge in [0.15, 0.2) is 6.10 Å². The Morgan fingerprint density at radius 3 is 2.64 bits per heavy atom. The fraction of sp³-hybridized carbons (Fsp3) is 0.222. The Morgan fingerprint density at radius 1 is 1.24 bits per heavy atom. The summed E-state index contributed by atoms with van der Waals surface area (Å²) in [5, 5.41) is 5.65. The van der Waals surface area contributed by atoms with Crippen molar-refractivity contribution in [3.63, 3.8) is 0 Å². The molecule has 25 heavy (non-hydrogen) atoms. The van der Waals surface area contributed by atoms with Crippen molar-refractivity contribution in [1.82, 2.24) is 5.32 Å². The van der Waals surface area contributed by atoms with Crippen LogP contribution in [0.3, 0.4) is 0 Å². The maximum absolute atomic E-state index is 12.2. The van der Waals surface area contributed by atoms with E-state index >= 15 is 0 Å². The molecule has 0 saturated carbocycles. The van der Waals surface area contributed by atoms with Crippen LogP contribution >= 0.6 is 34.5 Å². The van der Waals surface area contributed by atoms with E-state index in [4.69, 9.17) is 27.9 Å². The fourth-order valence-corrected chi connectivity index (χ4v) is 3.25. The van der Waals surface area contributed by atoms with E-state index in [0.29, 0.717) is 10.0 Å². The Morgan fingerprint density at radius 2 is 2.00 bits per heavy atom. The minimum absolute atomic E-state index is 0.347. The standard InChI is InChI=1S/C18H17Cl2NO3S/c1-11(15-7-5-13(19)10-16(15)20)21-18(23)12(2)24-17(22)8-6-14-4-3-9-25-14/h3-12H,1-2H3,(H,21,23). The number of esters is 1. The quantitative estimate of drug-likeness (QED) is 0.558. The molecule has 4 nitrogen and oxygen atoms in total. The molecule has 1 aromatic heterocycles. The molecule has 0 aliphatic rings. The second kappa shape index (κ2) is 9.04. The molecule has 1 aromatic carbocycles. The van der Waals surface area contributed by atoms with Gasteiger partial charge in [-0.3, -0.25) is 4.79 Å². The van der Waals surface area contributed by atoms with Gasteiger partial charge in [-0.15, -0.1) is 11.3 Å². The van der Waals surface area contributed by atoms with Gasteiger partial charge < -0.3 is 10.1 Å². The maximum Gasteiger partial charge on any atom is 0.331 e. The number of carbonyl (C=O) groups excluding carboxylic acids is 2. The average Bonchev–Trinajstić information content (AvgIpc) is 3.06. The third-order valence-electron chi connectivity index (χ3n) is 3.38. The van der Waals surface area contributed by atoms with E-state index < -0.39 is 18.0 Å². The number of hydrogen-bond donors (Lipinski definition) is 1. The van der Waals surface area contributed by atoms with Gasteiger partial charge in [0.2, 0.25) is 0 Å². The zero-order chi connectivity index (χ0) is 18.4. The molecular formula is C18H17Cl2NO3S. The molecule has 2 atom stereocenters. The van der Waals surface area contributed by atoms with Crippen LogP contribution in [-0.2, 0) is 14.3 Å². The van der Waals surface area contributed by atoms with E-state index in [1.165, 1.54) is 24.3 Å². The largest absolute Gasteiger partial charge is 0.449 e. The molecule has 7 heteroatoms. The first-order valence-electron chi connectivity index (χ1n) is 7.54. The molecule has 1 heterocycles. The number of nitrogens with one attached hydrogen (secondary N) is 1. The Kier molecular flexibility index (Phi) is 7.05. The molecule has 0 bridgehead atoms. The predicted octanol–water partition coefficient (Wildman–Crippen LogP) is 4.88. The number of benzene rings is 1. The molecular weight excluding hydrogens is 381 g/mol. The van der Waals surface area contributed by atoms with Gasteiger partial charge in [0.1, 0.15) is 0 Å². The molecule has 132 valence electrons. The van der Waals surface area contributed by atoms with Crippen LogP contribution in [0.15, 0.2) is 41.8 Å². The van der Waals surface area contributed by atoms with E-state index in [1.807, 2.05) is 17.5 Å². The van der Waals surface area contributed by atoms with Crippen LogP contribution in [0.4, 0.5) is 0 Å². The molecule has 2 aromatic rings. The molecule has 1 amide bonds. The summed E-state index contributed by atoms with van der Waals surface area (Å²) in [6.45, 7) is 3.31. The maximum atomic E-state index is 12.2. The average molecular weight is 398 g/mol. The molecule has 2 rings (SSSR count). The van der Waals surface area contributed by atoms with Crippen LogP contribution in [0.2, 0.25) is 10.0 Å². The lowest BCUT2D eigenvalue weighted by atomic mass is 10.1. The van der Waals surface area contributed by atoms with E-state index in [-0.39, 0.29) is 6.04 Å². The topological polar surface area (TPSA) is 55.4 Å². The Hall–Kier alpha value is -1.82. The second-order valence-electron chi connectivity index (χ2n) is 5.32. The zero-order valence-corrected chi connectivity index (χ0v) is 16.0. The summed E-state index contributed by atoms with van der Waals surface area (Å²) in [4.78, 5) is 24.9. The molecule has 0 radical (unpaired) electrons. The normalized spacial score (nSPS) is 13.4. The highest BCUT2D eigenvalue weighted by Gasteiger charge is 2.20. The highest BCUT2D eigenvalue weighted by Crippen LogP contribution is 2.26. The Bertz CT molecular complexity index is 775. The van der Waals surface area contributed by atoms with Crippen molar-refractivity contribution in [3.05, 3.63) is 62.3 Å². The minimum Gasteiger partial charge on any atom is -0.449 e. The summed E-state index contributed by atoms with van der Waals surface area (Å²) in [5.41, 5.74) is 0.732. The van der Waals surface area contributed by atoms with Gasteiger partial charge >= 0.3 is 5.97 Å². The van der Waals surface area contributed by atoms with E-state index in [0.717, 1.165) is 10.4 Å². The van der Waals surface area contributed by atoms with Crippen LogP contribution in [-0.4, -0.2) is 18.0 Å². The van der Waals surface area contributed by atoms with Crippen LogP contribution in [0, 0.1) is 0 Å². The number of rotatable bonds is 6. The van der Waals surface area contributed by atoms with E-state index in [1.54, 1.807) is 31.2 Å². The summed E-state index contributed by atoms with van der Waals surface area (Å²) in [7, 11) is 0. The first kappa shape index (κ1) is 19.5. The lowest BCUT2D eigenvalue weighted by molar-refractivity contribution is -0.150. The first-order chi connectivity index (χ1) is 11.9. The van der Waals surface area contributed by atoms with Gasteiger partial charge in [-0.1, -0.05) is 35.3 Å². The summed E-state index contributed by atoms with van der Waals surface area (Å²) in [6.07, 6.45) is 2.03. The fourth-order valence-electron chi connectivity index (χ4n) is 2.06. The van der Waals surface area contributed by atoms with Gasteiger partial charge in [0.25, 0.3) is 5.91 Å². The van der Waals surface area contributed by atoms with E-state index in [9.17, 15) is 9.59 Å². The summed E-state index contributed by atoms with van der Waals surface area (Å²) >= 11 is 13.5.